The molecule has 0 aliphatic rings. The van der Waals surface area contributed by atoms with Crippen molar-refractivity contribution in [2.75, 3.05) is 20.3 Å². The van der Waals surface area contributed by atoms with Crippen LogP contribution in [0.5, 0.6) is 0 Å². The van der Waals surface area contributed by atoms with Crippen LogP contribution >= 0.6 is 0 Å². The van der Waals surface area contributed by atoms with Gasteiger partial charge in [-0.25, -0.2) is 0 Å². The maximum Gasteiger partial charge on any atom is 0.0638 e. The van der Waals surface area contributed by atoms with Crippen molar-refractivity contribution in [2.24, 2.45) is 0 Å². The summed E-state index contributed by atoms with van der Waals surface area (Å²) >= 11 is 0. The third-order valence-corrected chi connectivity index (χ3v) is 2.82. The van der Waals surface area contributed by atoms with Crippen molar-refractivity contribution in [1.82, 2.24) is 5.32 Å². The standard InChI is InChI=1S/C14H23NO2/c1-10-5-11(2)7-13(6-10)12(3)15-14(8-16)9-17-4/h5-7,12,14-16H,8-9H2,1-4H3. The SMILES string of the molecule is COCC(CO)NC(C)c1cc(C)cc(C)c1. The van der Waals surface area contributed by atoms with Gasteiger partial charge in [0.1, 0.15) is 0 Å². The first-order valence-electron chi connectivity index (χ1n) is 6.01. The van der Waals surface area contributed by atoms with Crippen LogP contribution in [0.1, 0.15) is 29.7 Å². The monoisotopic (exact) mass is 237 g/mol. The Morgan fingerprint density at radius 2 is 1.82 bits per heavy atom. The topological polar surface area (TPSA) is 41.5 Å². The fourth-order valence-electron chi connectivity index (χ4n) is 2.06. The summed E-state index contributed by atoms with van der Waals surface area (Å²) in [6, 6.07) is 6.70. The molecular weight excluding hydrogens is 214 g/mol. The molecule has 0 saturated heterocycles. The molecule has 96 valence electrons. The van der Waals surface area contributed by atoms with Crippen molar-refractivity contribution in [2.45, 2.75) is 32.9 Å². The molecule has 0 bridgehead atoms. The van der Waals surface area contributed by atoms with Crippen molar-refractivity contribution in [3.8, 4) is 0 Å². The maximum absolute atomic E-state index is 9.22. The molecule has 0 aliphatic carbocycles. The molecule has 0 spiro atoms. The van der Waals surface area contributed by atoms with E-state index in [1.807, 2.05) is 0 Å². The molecule has 1 rings (SSSR count). The summed E-state index contributed by atoms with van der Waals surface area (Å²) in [4.78, 5) is 0. The first kappa shape index (κ1) is 14.2. The summed E-state index contributed by atoms with van der Waals surface area (Å²) in [5, 5.41) is 12.6. The molecule has 17 heavy (non-hydrogen) atoms. The highest BCUT2D eigenvalue weighted by atomic mass is 16.5. The van der Waals surface area contributed by atoms with Gasteiger partial charge < -0.3 is 15.2 Å². The molecular formula is C14H23NO2. The average molecular weight is 237 g/mol. The predicted molar refractivity (Wildman–Crippen MR) is 70.2 cm³/mol. The Balaban J connectivity index is 2.71. The summed E-state index contributed by atoms with van der Waals surface area (Å²) in [6.07, 6.45) is 0. The third kappa shape index (κ3) is 4.46. The van der Waals surface area contributed by atoms with Gasteiger partial charge in [-0.3, -0.25) is 0 Å². The van der Waals surface area contributed by atoms with Crippen LogP contribution in [-0.2, 0) is 4.74 Å². The molecule has 1 aromatic carbocycles. The zero-order valence-corrected chi connectivity index (χ0v) is 11.2. The second-order valence-electron chi connectivity index (χ2n) is 4.64. The van der Waals surface area contributed by atoms with Gasteiger partial charge >= 0.3 is 0 Å². The normalized spacial score (nSPS) is 14.6. The predicted octanol–water partition coefficient (Wildman–Crippen LogP) is 1.96. The molecule has 3 heteroatoms. The summed E-state index contributed by atoms with van der Waals surface area (Å²) in [6.45, 7) is 6.91. The molecule has 0 fully saturated rings. The van der Waals surface area contributed by atoms with Crippen molar-refractivity contribution >= 4 is 0 Å². The number of nitrogens with one attached hydrogen (secondary N) is 1. The van der Waals surface area contributed by atoms with Crippen molar-refractivity contribution < 1.29 is 9.84 Å². The number of aliphatic hydroxyl groups is 1. The van der Waals surface area contributed by atoms with E-state index in [0.717, 1.165) is 0 Å². The molecule has 0 aliphatic heterocycles. The third-order valence-electron chi connectivity index (χ3n) is 2.82. The van der Waals surface area contributed by atoms with E-state index in [0.29, 0.717) is 6.61 Å². The lowest BCUT2D eigenvalue weighted by molar-refractivity contribution is 0.123. The lowest BCUT2D eigenvalue weighted by Crippen LogP contribution is -2.38. The zero-order chi connectivity index (χ0) is 12.8. The molecule has 0 heterocycles. The summed E-state index contributed by atoms with van der Waals surface area (Å²) in [5.74, 6) is 0. The molecule has 1 aromatic rings. The lowest BCUT2D eigenvalue weighted by atomic mass is 10.0. The minimum atomic E-state index is -0.0178. The van der Waals surface area contributed by atoms with Crippen LogP contribution < -0.4 is 5.32 Å². The molecule has 0 amide bonds. The van der Waals surface area contributed by atoms with E-state index in [4.69, 9.17) is 4.74 Å². The van der Waals surface area contributed by atoms with Gasteiger partial charge in [-0.15, -0.1) is 0 Å². The van der Waals surface area contributed by atoms with Crippen LogP contribution in [0.3, 0.4) is 0 Å². The molecule has 3 nitrogen and oxygen atoms in total. The Bertz CT molecular complexity index is 332. The Labute approximate surface area is 104 Å². The molecule has 2 unspecified atom stereocenters. The van der Waals surface area contributed by atoms with E-state index in [1.165, 1.54) is 16.7 Å². The highest BCUT2D eigenvalue weighted by Gasteiger charge is 2.12. The van der Waals surface area contributed by atoms with Gasteiger partial charge in [0.25, 0.3) is 0 Å². The van der Waals surface area contributed by atoms with Gasteiger partial charge in [0.15, 0.2) is 0 Å². The minimum Gasteiger partial charge on any atom is -0.395 e. The Kier molecular flexibility index (Phi) is 5.62. The van der Waals surface area contributed by atoms with Crippen LogP contribution in [0, 0.1) is 13.8 Å². The van der Waals surface area contributed by atoms with E-state index >= 15 is 0 Å². The highest BCUT2D eigenvalue weighted by molar-refractivity contribution is 5.30. The molecule has 0 aromatic heterocycles. The van der Waals surface area contributed by atoms with Gasteiger partial charge in [-0.05, 0) is 26.3 Å². The van der Waals surface area contributed by atoms with E-state index in [1.54, 1.807) is 7.11 Å². The number of aryl methyl sites for hydroxylation is 2. The van der Waals surface area contributed by atoms with Crippen LogP contribution in [0.4, 0.5) is 0 Å². The number of methoxy groups -OCH3 is 1. The van der Waals surface area contributed by atoms with Gasteiger partial charge in [-0.1, -0.05) is 29.3 Å². The number of aliphatic hydroxyl groups excluding tert-OH is 1. The van der Waals surface area contributed by atoms with Crippen LogP contribution in [0.2, 0.25) is 0 Å². The van der Waals surface area contributed by atoms with E-state index < -0.39 is 0 Å². The van der Waals surface area contributed by atoms with Crippen molar-refractivity contribution in [1.29, 1.82) is 0 Å². The first-order valence-corrected chi connectivity index (χ1v) is 6.01. The fourth-order valence-corrected chi connectivity index (χ4v) is 2.06. The van der Waals surface area contributed by atoms with Gasteiger partial charge in [0.2, 0.25) is 0 Å². The van der Waals surface area contributed by atoms with Gasteiger partial charge in [-0.2, -0.15) is 0 Å². The van der Waals surface area contributed by atoms with Crippen LogP contribution in [0.25, 0.3) is 0 Å². The number of rotatable bonds is 6. The first-order chi connectivity index (χ1) is 8.06. The maximum atomic E-state index is 9.22. The number of benzene rings is 1. The highest BCUT2D eigenvalue weighted by Crippen LogP contribution is 2.17. The molecule has 0 radical (unpaired) electrons. The summed E-state index contributed by atoms with van der Waals surface area (Å²) < 4.78 is 5.06. The zero-order valence-electron chi connectivity index (χ0n) is 11.2. The second kappa shape index (κ2) is 6.74. The molecule has 0 saturated carbocycles. The number of hydrogen-bond donors (Lipinski definition) is 2. The Morgan fingerprint density at radius 3 is 2.29 bits per heavy atom. The van der Waals surface area contributed by atoms with E-state index in [9.17, 15) is 5.11 Å². The van der Waals surface area contributed by atoms with E-state index in [2.05, 4.69) is 44.3 Å². The fraction of sp³-hybridized carbons (Fsp3) is 0.571. The summed E-state index contributed by atoms with van der Waals surface area (Å²) in [7, 11) is 1.64. The van der Waals surface area contributed by atoms with Crippen LogP contribution in [-0.4, -0.2) is 31.5 Å². The van der Waals surface area contributed by atoms with Crippen molar-refractivity contribution in [3.63, 3.8) is 0 Å². The second-order valence-corrected chi connectivity index (χ2v) is 4.64. The van der Waals surface area contributed by atoms with E-state index in [-0.39, 0.29) is 18.7 Å². The van der Waals surface area contributed by atoms with Crippen LogP contribution in [0.15, 0.2) is 18.2 Å². The molecule has 2 N–H and O–H groups in total. The van der Waals surface area contributed by atoms with Gasteiger partial charge in [0.05, 0.1) is 19.3 Å². The van der Waals surface area contributed by atoms with Crippen molar-refractivity contribution in [3.05, 3.63) is 34.9 Å². The molecule has 2 atom stereocenters. The minimum absolute atomic E-state index is 0.0178. The summed E-state index contributed by atoms with van der Waals surface area (Å²) in [5.41, 5.74) is 3.78. The number of hydrogen-bond acceptors (Lipinski definition) is 3. The lowest BCUT2D eigenvalue weighted by Gasteiger charge is -2.22. The number of ether oxygens (including phenoxy) is 1. The quantitative estimate of drug-likeness (QED) is 0.794. The average Bonchev–Trinajstić information content (AvgIpc) is 2.27. The Morgan fingerprint density at radius 1 is 1.24 bits per heavy atom. The van der Waals surface area contributed by atoms with Gasteiger partial charge in [0, 0.05) is 13.2 Å². The smallest absolute Gasteiger partial charge is 0.0638 e. The Hall–Kier alpha value is -0.900. The largest absolute Gasteiger partial charge is 0.395 e.